The number of hydrogen-bond donors (Lipinski definition) is 0. The van der Waals surface area contributed by atoms with E-state index in [1.54, 1.807) is 17.3 Å². The van der Waals surface area contributed by atoms with Crippen molar-refractivity contribution in [2.24, 2.45) is 5.41 Å². The first-order valence-corrected chi connectivity index (χ1v) is 10.5. The standard InChI is InChI=1S/C21H30N4O4/c1-20(2,3)18(26)24-8-4-5-15(13-24)16-11-22-12-17(23-16)25-14-21(29-19(25)27)6-9-28-10-7-21/h11-12,15H,4-10,13-14H2,1-3H3/t15-/m1/s1. The highest BCUT2D eigenvalue weighted by molar-refractivity contribution is 5.89. The Balaban J connectivity index is 1.50. The summed E-state index contributed by atoms with van der Waals surface area (Å²) >= 11 is 0. The lowest BCUT2D eigenvalue weighted by Crippen LogP contribution is -2.44. The minimum absolute atomic E-state index is 0.123. The molecule has 1 aromatic rings. The Morgan fingerprint density at radius 2 is 2.00 bits per heavy atom. The summed E-state index contributed by atoms with van der Waals surface area (Å²) < 4.78 is 11.1. The molecule has 0 saturated carbocycles. The number of likely N-dealkylation sites (tertiary alicyclic amines) is 1. The zero-order valence-electron chi connectivity index (χ0n) is 17.5. The minimum atomic E-state index is -0.478. The Kier molecular flexibility index (Phi) is 5.23. The van der Waals surface area contributed by atoms with Gasteiger partial charge < -0.3 is 14.4 Å². The lowest BCUT2D eigenvalue weighted by atomic mass is 9.90. The third kappa shape index (κ3) is 4.08. The fourth-order valence-corrected chi connectivity index (χ4v) is 4.38. The first-order chi connectivity index (χ1) is 13.8. The Morgan fingerprint density at radius 1 is 1.24 bits per heavy atom. The third-order valence-corrected chi connectivity index (χ3v) is 6.06. The van der Waals surface area contributed by atoms with Gasteiger partial charge in [-0.05, 0) is 12.8 Å². The molecule has 1 atom stereocenters. The van der Waals surface area contributed by atoms with Gasteiger partial charge >= 0.3 is 6.09 Å². The van der Waals surface area contributed by atoms with Gasteiger partial charge in [0.05, 0.1) is 31.6 Å². The summed E-state index contributed by atoms with van der Waals surface area (Å²) in [4.78, 5) is 37.9. The van der Waals surface area contributed by atoms with Gasteiger partial charge in [0.1, 0.15) is 5.60 Å². The molecule has 0 bridgehead atoms. The Hall–Kier alpha value is -2.22. The molecule has 1 spiro atoms. The van der Waals surface area contributed by atoms with Crippen molar-refractivity contribution < 1.29 is 19.1 Å². The summed E-state index contributed by atoms with van der Waals surface area (Å²) in [7, 11) is 0. The van der Waals surface area contributed by atoms with Crippen LogP contribution in [0, 0.1) is 5.41 Å². The number of carbonyl (C=O) groups is 2. The van der Waals surface area contributed by atoms with Crippen LogP contribution in [0.15, 0.2) is 12.4 Å². The predicted octanol–water partition coefficient (Wildman–Crippen LogP) is 2.73. The van der Waals surface area contributed by atoms with Crippen molar-refractivity contribution in [1.29, 1.82) is 0 Å². The summed E-state index contributed by atoms with van der Waals surface area (Å²) in [5.41, 5.74) is -0.0461. The van der Waals surface area contributed by atoms with Crippen LogP contribution in [0.3, 0.4) is 0 Å². The summed E-state index contributed by atoms with van der Waals surface area (Å²) in [6, 6.07) is 0. The molecular weight excluding hydrogens is 372 g/mol. The Labute approximate surface area is 171 Å². The first kappa shape index (κ1) is 20.1. The van der Waals surface area contributed by atoms with E-state index in [-0.39, 0.29) is 17.9 Å². The van der Waals surface area contributed by atoms with Gasteiger partial charge in [0.2, 0.25) is 5.91 Å². The molecule has 0 aromatic carbocycles. The van der Waals surface area contributed by atoms with Crippen molar-refractivity contribution in [3.05, 3.63) is 18.1 Å². The predicted molar refractivity (Wildman–Crippen MR) is 107 cm³/mol. The fourth-order valence-electron chi connectivity index (χ4n) is 4.38. The summed E-state index contributed by atoms with van der Waals surface area (Å²) in [6.45, 7) is 8.95. The molecule has 2 amide bonds. The third-order valence-electron chi connectivity index (χ3n) is 6.06. The Bertz CT molecular complexity index is 785. The van der Waals surface area contributed by atoms with E-state index < -0.39 is 11.0 Å². The van der Waals surface area contributed by atoms with Gasteiger partial charge in [0.15, 0.2) is 5.82 Å². The highest BCUT2D eigenvalue weighted by atomic mass is 16.6. The van der Waals surface area contributed by atoms with Crippen molar-refractivity contribution in [3.63, 3.8) is 0 Å². The van der Waals surface area contributed by atoms with Crippen molar-refractivity contribution in [3.8, 4) is 0 Å². The molecular formula is C21H30N4O4. The van der Waals surface area contributed by atoms with Gasteiger partial charge in [-0.25, -0.2) is 9.78 Å². The SMILES string of the molecule is CC(C)(C)C(=O)N1CCC[C@@H](c2cncc(N3CC4(CCOCC4)OC3=O)n2)C1. The van der Waals surface area contributed by atoms with Crippen LogP contribution in [0.2, 0.25) is 0 Å². The van der Waals surface area contributed by atoms with E-state index in [0.717, 1.165) is 25.1 Å². The van der Waals surface area contributed by atoms with Crippen molar-refractivity contribution in [2.75, 3.05) is 37.7 Å². The molecule has 1 aromatic heterocycles. The number of aromatic nitrogens is 2. The van der Waals surface area contributed by atoms with E-state index in [4.69, 9.17) is 14.5 Å². The number of hydrogen-bond acceptors (Lipinski definition) is 6. The first-order valence-electron chi connectivity index (χ1n) is 10.5. The zero-order chi connectivity index (χ0) is 20.6. The monoisotopic (exact) mass is 402 g/mol. The van der Waals surface area contributed by atoms with Gasteiger partial charge in [0, 0.05) is 43.5 Å². The van der Waals surface area contributed by atoms with Gasteiger partial charge in [-0.1, -0.05) is 20.8 Å². The van der Waals surface area contributed by atoms with E-state index >= 15 is 0 Å². The molecule has 0 aliphatic carbocycles. The van der Waals surface area contributed by atoms with E-state index in [1.807, 2.05) is 25.7 Å². The molecule has 3 fully saturated rings. The van der Waals surface area contributed by atoms with Crippen LogP contribution < -0.4 is 4.90 Å². The van der Waals surface area contributed by atoms with Gasteiger partial charge in [-0.3, -0.25) is 14.7 Å². The van der Waals surface area contributed by atoms with Crippen LogP contribution in [-0.4, -0.2) is 65.3 Å². The van der Waals surface area contributed by atoms with Gasteiger partial charge in [-0.2, -0.15) is 0 Å². The molecule has 29 heavy (non-hydrogen) atoms. The summed E-state index contributed by atoms with van der Waals surface area (Å²) in [6.07, 6.45) is 6.30. The minimum Gasteiger partial charge on any atom is -0.440 e. The Morgan fingerprint density at radius 3 is 2.72 bits per heavy atom. The van der Waals surface area contributed by atoms with E-state index in [1.165, 1.54) is 0 Å². The molecule has 0 radical (unpaired) electrons. The normalized spacial score (nSPS) is 24.7. The largest absolute Gasteiger partial charge is 0.440 e. The molecule has 4 heterocycles. The lowest BCUT2D eigenvalue weighted by molar-refractivity contribution is -0.140. The highest BCUT2D eigenvalue weighted by Crippen LogP contribution is 2.35. The van der Waals surface area contributed by atoms with E-state index in [2.05, 4.69) is 4.98 Å². The van der Waals surface area contributed by atoms with Crippen molar-refractivity contribution >= 4 is 17.8 Å². The second-order valence-corrected chi connectivity index (χ2v) is 9.39. The van der Waals surface area contributed by atoms with Gasteiger partial charge in [0.25, 0.3) is 0 Å². The number of rotatable bonds is 2. The molecule has 0 N–H and O–H groups in total. The average molecular weight is 402 g/mol. The number of anilines is 1. The number of amides is 2. The fraction of sp³-hybridized carbons (Fsp3) is 0.714. The maximum absolute atomic E-state index is 12.7. The van der Waals surface area contributed by atoms with Gasteiger partial charge in [-0.15, -0.1) is 0 Å². The number of nitrogens with zero attached hydrogens (tertiary/aromatic N) is 4. The van der Waals surface area contributed by atoms with Crippen LogP contribution in [0.4, 0.5) is 10.6 Å². The van der Waals surface area contributed by atoms with E-state index in [0.29, 0.717) is 45.0 Å². The number of carbonyl (C=O) groups excluding carboxylic acids is 2. The molecule has 0 unspecified atom stereocenters. The lowest BCUT2D eigenvalue weighted by Gasteiger charge is -2.36. The maximum atomic E-state index is 12.7. The van der Waals surface area contributed by atoms with Crippen LogP contribution in [0.25, 0.3) is 0 Å². The summed E-state index contributed by atoms with van der Waals surface area (Å²) in [5, 5.41) is 0. The molecule has 4 rings (SSSR count). The second-order valence-electron chi connectivity index (χ2n) is 9.39. The van der Waals surface area contributed by atoms with Crippen molar-refractivity contribution in [2.45, 2.75) is 58.0 Å². The molecule has 3 aliphatic heterocycles. The highest BCUT2D eigenvalue weighted by Gasteiger charge is 2.47. The van der Waals surface area contributed by atoms with Crippen LogP contribution in [0.1, 0.15) is 58.1 Å². The quantitative estimate of drug-likeness (QED) is 0.756. The second kappa shape index (κ2) is 7.55. The van der Waals surface area contributed by atoms with Crippen molar-refractivity contribution in [1.82, 2.24) is 14.9 Å². The average Bonchev–Trinajstić information content (AvgIpc) is 3.03. The number of piperidine rings is 1. The van der Waals surface area contributed by atoms with Crippen LogP contribution in [-0.2, 0) is 14.3 Å². The molecule has 158 valence electrons. The molecule has 8 nitrogen and oxygen atoms in total. The smallest absolute Gasteiger partial charge is 0.416 e. The maximum Gasteiger partial charge on any atom is 0.416 e. The molecule has 8 heteroatoms. The molecule has 3 aliphatic rings. The van der Waals surface area contributed by atoms with Crippen LogP contribution in [0.5, 0.6) is 0 Å². The zero-order valence-corrected chi connectivity index (χ0v) is 17.5. The number of ether oxygens (including phenoxy) is 2. The summed E-state index contributed by atoms with van der Waals surface area (Å²) in [5.74, 6) is 0.809. The molecule has 3 saturated heterocycles. The van der Waals surface area contributed by atoms with E-state index in [9.17, 15) is 9.59 Å². The topological polar surface area (TPSA) is 84.9 Å². The van der Waals surface area contributed by atoms with Crippen LogP contribution >= 0.6 is 0 Å².